The first kappa shape index (κ1) is 48.7. The van der Waals surface area contributed by atoms with E-state index in [-0.39, 0.29) is 86.4 Å². The number of ether oxygens (including phenoxy) is 4. The van der Waals surface area contributed by atoms with Crippen LogP contribution in [0.4, 0.5) is 0 Å². The molecule has 4 rings (SSSR count). The van der Waals surface area contributed by atoms with Crippen molar-refractivity contribution in [3.05, 3.63) is 103 Å². The zero-order chi connectivity index (χ0) is 44.3. The van der Waals surface area contributed by atoms with Gasteiger partial charge in [0.15, 0.2) is 0 Å². The van der Waals surface area contributed by atoms with Crippen molar-refractivity contribution in [2.24, 2.45) is 5.92 Å². The SMILES string of the molecule is [B]Cc1cc(C[B])c(C[B])c(C(=O)OC2CC(OC(=O)c3cc(C[B])cc(C[B])c3C[B])C(C(=O)OCCS(=O)(=O)O)C(OC(=O)c3cc(C[B])cc(C[B])c3C[B])C2)c1. The Hall–Kier alpha value is -3.97. The Morgan fingerprint density at radius 1 is 0.533 bits per heavy atom. The van der Waals surface area contributed by atoms with Crippen LogP contribution in [0.15, 0.2) is 36.4 Å². The number of hydrogen-bond acceptors (Lipinski definition) is 10. The highest BCUT2D eigenvalue weighted by atomic mass is 32.2. The summed E-state index contributed by atoms with van der Waals surface area (Å²) in [7, 11) is 49.2. The first-order chi connectivity index (χ1) is 28.6. The summed E-state index contributed by atoms with van der Waals surface area (Å²) in [6.45, 7) is -0.817. The van der Waals surface area contributed by atoms with E-state index in [1.807, 2.05) is 0 Å². The Morgan fingerprint density at radius 2 is 0.883 bits per heavy atom. The largest absolute Gasteiger partial charge is 0.464 e. The molecule has 60 heavy (non-hydrogen) atoms. The van der Waals surface area contributed by atoms with Gasteiger partial charge >= 0.3 is 23.9 Å². The Labute approximate surface area is 363 Å². The van der Waals surface area contributed by atoms with E-state index >= 15 is 0 Å². The number of esters is 4. The molecule has 292 valence electrons. The summed E-state index contributed by atoms with van der Waals surface area (Å²) < 4.78 is 55.8. The predicted octanol–water partition coefficient (Wildman–Crippen LogP) is 0.521. The molecular formula is C39H37B9O11S. The monoisotopic (exact) mass is 812 g/mol. The molecule has 1 N–H and O–H groups in total. The summed E-state index contributed by atoms with van der Waals surface area (Å²) in [6.07, 6.45) is -5.30. The molecule has 0 saturated heterocycles. The quantitative estimate of drug-likeness (QED) is 0.0779. The summed E-state index contributed by atoms with van der Waals surface area (Å²) in [5.74, 6) is -6.63. The van der Waals surface area contributed by atoms with E-state index in [1.54, 1.807) is 18.2 Å². The van der Waals surface area contributed by atoms with Crippen LogP contribution in [-0.2, 0) is 90.7 Å². The molecule has 1 aliphatic carbocycles. The third-order valence-corrected chi connectivity index (χ3v) is 11.0. The molecule has 0 spiro atoms. The Balaban J connectivity index is 1.87. The van der Waals surface area contributed by atoms with Crippen LogP contribution in [0.25, 0.3) is 0 Å². The van der Waals surface area contributed by atoms with E-state index < -0.39 is 70.6 Å². The Kier molecular flexibility index (Phi) is 18.0. The molecule has 18 radical (unpaired) electrons. The van der Waals surface area contributed by atoms with Gasteiger partial charge in [0.05, 0.1) is 87.3 Å². The first-order valence-corrected chi connectivity index (χ1v) is 20.7. The number of hydrogen-bond donors (Lipinski definition) is 1. The van der Waals surface area contributed by atoms with Gasteiger partial charge in [0.2, 0.25) is 0 Å². The normalized spacial score (nSPS) is 17.7. The molecule has 0 heterocycles. The smallest absolute Gasteiger partial charge is 0.338 e. The molecule has 1 saturated carbocycles. The van der Waals surface area contributed by atoms with Crippen molar-refractivity contribution >= 4 is 105 Å². The second-order valence-corrected chi connectivity index (χ2v) is 15.6. The van der Waals surface area contributed by atoms with Gasteiger partial charge in [-0.15, -0.1) is 0 Å². The molecule has 21 heteroatoms. The number of carbonyl (C=O) groups excluding carboxylic acids is 4. The van der Waals surface area contributed by atoms with Gasteiger partial charge in [-0.2, -0.15) is 8.42 Å². The summed E-state index contributed by atoms with van der Waals surface area (Å²) in [5, 5.41) is 0. The van der Waals surface area contributed by atoms with Crippen LogP contribution in [0.5, 0.6) is 0 Å². The molecule has 0 bridgehead atoms. The molecule has 0 amide bonds. The lowest BCUT2D eigenvalue weighted by molar-refractivity contribution is -0.165. The van der Waals surface area contributed by atoms with Gasteiger partial charge in [0.1, 0.15) is 36.6 Å². The van der Waals surface area contributed by atoms with Crippen LogP contribution in [0.1, 0.15) is 94.0 Å². The fourth-order valence-corrected chi connectivity index (χ4v) is 7.61. The van der Waals surface area contributed by atoms with Crippen LogP contribution in [-0.4, -0.2) is 138 Å². The zero-order valence-electron chi connectivity index (χ0n) is 33.1. The summed E-state index contributed by atoms with van der Waals surface area (Å²) >= 11 is 0. The Morgan fingerprint density at radius 3 is 1.18 bits per heavy atom. The maximum atomic E-state index is 14.2. The maximum Gasteiger partial charge on any atom is 0.338 e. The average molecular weight is 811 g/mol. The average Bonchev–Trinajstić information content (AvgIpc) is 3.23. The molecule has 0 aromatic heterocycles. The molecule has 3 aromatic rings. The van der Waals surface area contributed by atoms with Gasteiger partial charge in [0, 0.05) is 12.8 Å². The van der Waals surface area contributed by atoms with Crippen LogP contribution < -0.4 is 0 Å². The third kappa shape index (κ3) is 11.9. The fraction of sp³-hybridized carbons (Fsp3) is 0.436. The summed E-state index contributed by atoms with van der Waals surface area (Å²) in [4.78, 5) is 56.4. The standard InChI is InChI=1S/C39H37B9O11S/c40-11-20-3-23(14-43)30(17-46)27(6-20)36(49)57-26-9-33(58-37(50)28-7-21(12-41)4-24(15-44)31(28)18-47)35(39(52)56-1-2-60(53,54)55)34(10-26)59-38(51)29-8-22(13-42)5-25(16-45)32(29)19-48/h3-8,26,33-35H,1-2,9-19H2,(H,53,54,55). The lowest BCUT2D eigenvalue weighted by atomic mass is 9.80. The number of benzene rings is 3. The van der Waals surface area contributed by atoms with E-state index in [0.29, 0.717) is 50.1 Å². The molecule has 2 atom stereocenters. The van der Waals surface area contributed by atoms with E-state index in [0.717, 1.165) is 0 Å². The van der Waals surface area contributed by atoms with Crippen molar-refractivity contribution in [3.8, 4) is 0 Å². The Bertz CT molecular complexity index is 2080. The van der Waals surface area contributed by atoms with Crippen LogP contribution >= 0.6 is 0 Å². The van der Waals surface area contributed by atoms with Crippen molar-refractivity contribution in [1.29, 1.82) is 0 Å². The molecule has 0 aliphatic heterocycles. The van der Waals surface area contributed by atoms with Crippen molar-refractivity contribution < 1.29 is 51.1 Å². The van der Waals surface area contributed by atoms with Gasteiger partial charge < -0.3 is 18.9 Å². The fourth-order valence-electron chi connectivity index (χ4n) is 7.31. The molecular weight excluding hydrogens is 774 g/mol. The maximum absolute atomic E-state index is 14.2. The molecule has 11 nitrogen and oxygen atoms in total. The van der Waals surface area contributed by atoms with Crippen LogP contribution in [0.3, 0.4) is 0 Å². The van der Waals surface area contributed by atoms with E-state index in [1.165, 1.54) is 18.2 Å². The third-order valence-electron chi connectivity index (χ3n) is 10.3. The highest BCUT2D eigenvalue weighted by molar-refractivity contribution is 7.85. The minimum atomic E-state index is -4.59. The second kappa shape index (κ2) is 22.2. The number of rotatable bonds is 19. The van der Waals surface area contributed by atoms with Crippen LogP contribution in [0.2, 0.25) is 0 Å². The van der Waals surface area contributed by atoms with Crippen molar-refractivity contribution in [2.45, 2.75) is 88.0 Å². The highest BCUT2D eigenvalue weighted by Gasteiger charge is 2.49. The van der Waals surface area contributed by atoms with E-state index in [9.17, 15) is 32.1 Å². The van der Waals surface area contributed by atoms with E-state index in [4.69, 9.17) is 89.6 Å². The lowest BCUT2D eigenvalue weighted by Crippen LogP contribution is -2.51. The summed E-state index contributed by atoms with van der Waals surface area (Å²) in [5.41, 5.74) is 4.27. The van der Waals surface area contributed by atoms with Crippen molar-refractivity contribution in [3.63, 3.8) is 0 Å². The van der Waals surface area contributed by atoms with Crippen molar-refractivity contribution in [1.82, 2.24) is 0 Å². The first-order valence-electron chi connectivity index (χ1n) is 19.1. The number of carbonyl (C=O) groups is 4. The zero-order valence-corrected chi connectivity index (χ0v) is 33.9. The van der Waals surface area contributed by atoms with Gasteiger partial charge in [-0.25, -0.2) is 14.4 Å². The van der Waals surface area contributed by atoms with Gasteiger partial charge in [-0.05, 0) is 34.9 Å². The van der Waals surface area contributed by atoms with Gasteiger partial charge in [-0.3, -0.25) is 9.35 Å². The minimum absolute atomic E-state index is 0.00706. The molecule has 3 aromatic carbocycles. The summed E-state index contributed by atoms with van der Waals surface area (Å²) in [6, 6.07) is 9.54. The predicted molar refractivity (Wildman–Crippen MR) is 232 cm³/mol. The van der Waals surface area contributed by atoms with E-state index in [2.05, 4.69) is 0 Å². The van der Waals surface area contributed by atoms with Gasteiger partial charge in [-0.1, -0.05) is 108 Å². The second-order valence-electron chi connectivity index (χ2n) is 14.0. The topological polar surface area (TPSA) is 160 Å². The molecule has 2 unspecified atom stereocenters. The van der Waals surface area contributed by atoms with Crippen molar-refractivity contribution in [2.75, 3.05) is 12.4 Å². The molecule has 1 fully saturated rings. The lowest BCUT2D eigenvalue weighted by Gasteiger charge is -2.39. The molecule has 1 aliphatic rings. The minimum Gasteiger partial charge on any atom is -0.464 e. The van der Waals surface area contributed by atoms with Gasteiger partial charge in [0.25, 0.3) is 10.1 Å². The highest BCUT2D eigenvalue weighted by Crippen LogP contribution is 2.36. The van der Waals surface area contributed by atoms with Crippen LogP contribution in [0, 0.1) is 5.92 Å².